The minimum absolute atomic E-state index is 0.129. The molecule has 1 saturated heterocycles. The minimum Gasteiger partial charge on any atom is -0.479 e. The number of nitrogens with zero attached hydrogens (tertiary/aromatic N) is 1. The largest absolute Gasteiger partial charge is 0.479 e. The Balaban J connectivity index is 2.83. The summed E-state index contributed by atoms with van der Waals surface area (Å²) in [7, 11) is 0. The van der Waals surface area contributed by atoms with Gasteiger partial charge in [-0.2, -0.15) is 13.2 Å². The Morgan fingerprint density at radius 3 is 2.14 bits per heavy atom. The van der Waals surface area contributed by atoms with Crippen LogP contribution < -0.4 is 0 Å². The van der Waals surface area contributed by atoms with Crippen molar-refractivity contribution in [3.63, 3.8) is 0 Å². The number of carbonyl (C=O) groups is 2. The predicted octanol–water partition coefficient (Wildman–Crippen LogP) is 2.20. The van der Waals surface area contributed by atoms with E-state index in [0.29, 0.717) is 12.8 Å². The molecule has 2 atom stereocenters. The number of hydrogen-bond acceptors (Lipinski definition) is 3. The molecular weight excluding hydrogens is 291 g/mol. The Labute approximate surface area is 121 Å². The number of alkyl halides is 3. The molecular formula is C13H20F3NO4. The van der Waals surface area contributed by atoms with Crippen molar-refractivity contribution in [2.45, 2.75) is 64.0 Å². The van der Waals surface area contributed by atoms with Crippen LogP contribution in [0.5, 0.6) is 0 Å². The molecule has 5 nitrogen and oxygen atoms in total. The van der Waals surface area contributed by atoms with E-state index in [1.165, 1.54) is 0 Å². The molecule has 122 valence electrons. The van der Waals surface area contributed by atoms with Crippen molar-refractivity contribution in [2.75, 3.05) is 6.54 Å². The first-order chi connectivity index (χ1) is 9.69. The summed E-state index contributed by atoms with van der Waals surface area (Å²) in [6.45, 7) is 2.08. The summed E-state index contributed by atoms with van der Waals surface area (Å²) in [5, 5.41) is 8.81. The fourth-order valence-electron chi connectivity index (χ4n) is 2.49. The Bertz CT molecular complexity index is 382. The smallest absolute Gasteiger partial charge is 0.406 e. The van der Waals surface area contributed by atoms with Crippen LogP contribution >= 0.6 is 0 Å². The Kier molecular flexibility index (Phi) is 6.00. The van der Waals surface area contributed by atoms with Gasteiger partial charge < -0.3 is 14.7 Å². The summed E-state index contributed by atoms with van der Waals surface area (Å²) in [6, 6.07) is -0.536. The predicted molar refractivity (Wildman–Crippen MR) is 67.7 cm³/mol. The molecule has 1 aliphatic rings. The molecule has 0 aromatic rings. The van der Waals surface area contributed by atoms with Crippen molar-refractivity contribution in [3.05, 3.63) is 0 Å². The van der Waals surface area contributed by atoms with E-state index in [0.717, 1.165) is 4.90 Å². The Morgan fingerprint density at radius 1 is 1.24 bits per heavy atom. The van der Waals surface area contributed by atoms with Gasteiger partial charge in [0.05, 0.1) is 0 Å². The fourth-order valence-corrected chi connectivity index (χ4v) is 2.49. The third-order valence-electron chi connectivity index (χ3n) is 3.59. The van der Waals surface area contributed by atoms with Gasteiger partial charge in [-0.05, 0) is 25.7 Å². The highest BCUT2D eigenvalue weighted by Crippen LogP contribution is 2.26. The molecule has 1 N–H and O–H groups in total. The fraction of sp³-hybridized carbons (Fsp3) is 0.846. The van der Waals surface area contributed by atoms with Gasteiger partial charge in [-0.3, -0.25) is 4.79 Å². The van der Waals surface area contributed by atoms with Gasteiger partial charge in [0.15, 0.2) is 6.10 Å². The number of carboxylic acids is 1. The summed E-state index contributed by atoms with van der Waals surface area (Å²) in [5.74, 6) is -1.97. The Morgan fingerprint density at radius 2 is 1.76 bits per heavy atom. The normalized spacial score (nSPS) is 22.6. The molecule has 0 aliphatic carbocycles. The standard InChI is InChI=1S/C13H20F3NO4/c1-3-8(4-2)17(7-13(14,15)16)11(18)9-5-6-10(21-9)12(19)20/h8-10H,3-7H2,1-2H3,(H,19,20)/t9-,10+/m0/s1. The van der Waals surface area contributed by atoms with E-state index in [2.05, 4.69) is 0 Å². The quantitative estimate of drug-likeness (QED) is 0.816. The van der Waals surface area contributed by atoms with Gasteiger partial charge in [0.25, 0.3) is 5.91 Å². The summed E-state index contributed by atoms with van der Waals surface area (Å²) >= 11 is 0. The molecule has 8 heteroatoms. The summed E-state index contributed by atoms with van der Waals surface area (Å²) in [4.78, 5) is 23.8. The molecule has 0 saturated carbocycles. The average Bonchev–Trinajstić information content (AvgIpc) is 2.86. The maximum absolute atomic E-state index is 12.7. The van der Waals surface area contributed by atoms with E-state index in [4.69, 9.17) is 9.84 Å². The third-order valence-corrected chi connectivity index (χ3v) is 3.59. The summed E-state index contributed by atoms with van der Waals surface area (Å²) < 4.78 is 43.0. The van der Waals surface area contributed by atoms with Gasteiger partial charge in [-0.25, -0.2) is 4.79 Å². The molecule has 1 amide bonds. The number of aliphatic carboxylic acids is 1. The van der Waals surface area contributed by atoms with E-state index in [1.54, 1.807) is 13.8 Å². The zero-order chi connectivity index (χ0) is 16.2. The monoisotopic (exact) mass is 311 g/mol. The van der Waals surface area contributed by atoms with Crippen LogP contribution in [0.4, 0.5) is 13.2 Å². The second kappa shape index (κ2) is 7.11. The molecule has 0 bridgehead atoms. The van der Waals surface area contributed by atoms with Crippen LogP contribution in [-0.2, 0) is 14.3 Å². The van der Waals surface area contributed by atoms with Crippen molar-refractivity contribution in [1.29, 1.82) is 0 Å². The highest BCUT2D eigenvalue weighted by Gasteiger charge is 2.42. The number of carbonyl (C=O) groups excluding carboxylic acids is 1. The second-order valence-electron chi connectivity index (χ2n) is 5.08. The summed E-state index contributed by atoms with van der Waals surface area (Å²) in [5.41, 5.74) is 0. The first-order valence-electron chi connectivity index (χ1n) is 6.95. The zero-order valence-electron chi connectivity index (χ0n) is 12.0. The molecule has 0 radical (unpaired) electrons. The highest BCUT2D eigenvalue weighted by atomic mass is 19.4. The third kappa shape index (κ3) is 4.87. The highest BCUT2D eigenvalue weighted by molar-refractivity contribution is 5.83. The lowest BCUT2D eigenvalue weighted by Crippen LogP contribution is -2.49. The molecule has 0 unspecified atom stereocenters. The number of carboxylic acid groups (broad SMARTS) is 1. The van der Waals surface area contributed by atoms with Gasteiger partial charge in [0.1, 0.15) is 12.6 Å². The lowest BCUT2D eigenvalue weighted by Gasteiger charge is -2.33. The maximum Gasteiger partial charge on any atom is 0.406 e. The number of amides is 1. The molecule has 1 fully saturated rings. The van der Waals surface area contributed by atoms with Crippen molar-refractivity contribution >= 4 is 11.9 Å². The number of hydrogen-bond donors (Lipinski definition) is 1. The van der Waals surface area contributed by atoms with Crippen LogP contribution in [0.25, 0.3) is 0 Å². The van der Waals surface area contributed by atoms with Crippen molar-refractivity contribution in [1.82, 2.24) is 4.90 Å². The molecule has 1 rings (SSSR count). The molecule has 0 aromatic carbocycles. The minimum atomic E-state index is -4.50. The lowest BCUT2D eigenvalue weighted by molar-refractivity contribution is -0.174. The van der Waals surface area contributed by atoms with E-state index < -0.39 is 42.8 Å². The summed E-state index contributed by atoms with van der Waals surface area (Å²) in [6.07, 6.45) is -5.66. The van der Waals surface area contributed by atoms with E-state index >= 15 is 0 Å². The Hall–Kier alpha value is -1.31. The molecule has 0 spiro atoms. The lowest BCUT2D eigenvalue weighted by atomic mass is 10.1. The van der Waals surface area contributed by atoms with Crippen molar-refractivity contribution < 1.29 is 32.6 Å². The average molecular weight is 311 g/mol. The van der Waals surface area contributed by atoms with Gasteiger partial charge >= 0.3 is 12.1 Å². The van der Waals surface area contributed by atoms with Crippen molar-refractivity contribution in [2.24, 2.45) is 0 Å². The van der Waals surface area contributed by atoms with E-state index in [-0.39, 0.29) is 12.8 Å². The van der Waals surface area contributed by atoms with Gasteiger partial charge in [-0.1, -0.05) is 13.8 Å². The molecule has 0 aromatic heterocycles. The van der Waals surface area contributed by atoms with Crippen LogP contribution in [0.2, 0.25) is 0 Å². The number of ether oxygens (including phenoxy) is 1. The molecule has 1 aliphatic heterocycles. The van der Waals surface area contributed by atoms with Crippen LogP contribution in [0.1, 0.15) is 39.5 Å². The second-order valence-corrected chi connectivity index (χ2v) is 5.08. The van der Waals surface area contributed by atoms with Gasteiger partial charge in [0.2, 0.25) is 0 Å². The SMILES string of the molecule is CCC(CC)N(CC(F)(F)F)C(=O)[C@@H]1CC[C@H](C(=O)O)O1. The zero-order valence-corrected chi connectivity index (χ0v) is 12.0. The topological polar surface area (TPSA) is 66.8 Å². The van der Waals surface area contributed by atoms with Crippen molar-refractivity contribution in [3.8, 4) is 0 Å². The van der Waals surface area contributed by atoms with Crippen LogP contribution in [0.3, 0.4) is 0 Å². The molecule has 1 heterocycles. The van der Waals surface area contributed by atoms with Gasteiger partial charge in [-0.15, -0.1) is 0 Å². The van der Waals surface area contributed by atoms with E-state index in [9.17, 15) is 22.8 Å². The van der Waals surface area contributed by atoms with Crippen LogP contribution in [0.15, 0.2) is 0 Å². The van der Waals surface area contributed by atoms with Crippen LogP contribution in [-0.4, -0.2) is 52.9 Å². The first kappa shape index (κ1) is 17.7. The first-order valence-corrected chi connectivity index (χ1v) is 6.95. The maximum atomic E-state index is 12.7. The van der Waals surface area contributed by atoms with Gasteiger partial charge in [0, 0.05) is 6.04 Å². The number of halogens is 3. The number of rotatable bonds is 6. The van der Waals surface area contributed by atoms with Crippen LogP contribution in [0, 0.1) is 0 Å². The molecule has 21 heavy (non-hydrogen) atoms. The van der Waals surface area contributed by atoms with E-state index in [1.807, 2.05) is 0 Å².